The van der Waals surface area contributed by atoms with Gasteiger partial charge in [-0.3, -0.25) is 10.1 Å². The first-order valence-corrected chi connectivity index (χ1v) is 6.08. The van der Waals surface area contributed by atoms with Crippen LogP contribution in [0.2, 0.25) is 0 Å². The molecule has 19 heavy (non-hydrogen) atoms. The largest absolute Gasteiger partial charge is 0.330 e. The molecule has 6 heteroatoms. The Morgan fingerprint density at radius 3 is 2.74 bits per heavy atom. The fourth-order valence-electron chi connectivity index (χ4n) is 1.79. The summed E-state index contributed by atoms with van der Waals surface area (Å²) in [7, 11) is 0. The Kier molecular flexibility index (Phi) is 3.79. The van der Waals surface area contributed by atoms with Crippen molar-refractivity contribution in [2.75, 3.05) is 5.32 Å². The number of anilines is 1. The fourth-order valence-corrected chi connectivity index (χ4v) is 1.79. The predicted molar refractivity (Wildman–Crippen MR) is 72.9 cm³/mol. The van der Waals surface area contributed by atoms with Crippen LogP contribution in [0.4, 0.5) is 10.5 Å². The van der Waals surface area contributed by atoms with Crippen molar-refractivity contribution in [1.29, 1.82) is 0 Å². The van der Waals surface area contributed by atoms with Gasteiger partial charge in [0.1, 0.15) is 0 Å². The third-order valence-electron chi connectivity index (χ3n) is 2.85. The summed E-state index contributed by atoms with van der Waals surface area (Å²) in [4.78, 5) is 16.1. The third-order valence-corrected chi connectivity index (χ3v) is 2.85. The molecule has 0 saturated carbocycles. The number of aryl methyl sites for hydroxylation is 2. The lowest BCUT2D eigenvalue weighted by Gasteiger charge is -2.14. The number of nitrogens with zero attached hydrogens (tertiary/aromatic N) is 2. The quantitative estimate of drug-likeness (QED) is 0.791. The topological polar surface area (TPSA) is 82.7 Å². The van der Waals surface area contributed by atoms with Gasteiger partial charge in [-0.1, -0.05) is 6.07 Å². The van der Waals surface area contributed by atoms with Gasteiger partial charge in [0.05, 0.1) is 28.8 Å². The second-order valence-corrected chi connectivity index (χ2v) is 4.38. The van der Waals surface area contributed by atoms with Crippen molar-refractivity contribution >= 4 is 11.7 Å². The zero-order valence-corrected chi connectivity index (χ0v) is 11.2. The molecule has 2 aromatic rings. The standard InChI is InChI=1S/C13H17N5O/c1-8(11-6-4-5-7-14-11)15-13(19)16-12-9(2)17-18-10(12)3/h4-8H,1-3H3,(H,17,18)(H2,15,16,19)/t8-/m1/s1. The van der Waals surface area contributed by atoms with E-state index in [0.717, 1.165) is 17.1 Å². The Balaban J connectivity index is 1.99. The number of amides is 2. The van der Waals surface area contributed by atoms with Crippen LogP contribution in [0.5, 0.6) is 0 Å². The van der Waals surface area contributed by atoms with Gasteiger partial charge in [0, 0.05) is 6.20 Å². The second kappa shape index (κ2) is 5.51. The maximum absolute atomic E-state index is 11.9. The van der Waals surface area contributed by atoms with Crippen LogP contribution in [-0.4, -0.2) is 21.2 Å². The van der Waals surface area contributed by atoms with Crippen molar-refractivity contribution in [1.82, 2.24) is 20.5 Å². The predicted octanol–water partition coefficient (Wildman–Crippen LogP) is 2.30. The molecule has 2 aromatic heterocycles. The molecule has 0 fully saturated rings. The van der Waals surface area contributed by atoms with E-state index in [4.69, 9.17) is 0 Å². The summed E-state index contributed by atoms with van der Waals surface area (Å²) in [5.41, 5.74) is 3.13. The van der Waals surface area contributed by atoms with E-state index in [-0.39, 0.29) is 12.1 Å². The maximum Gasteiger partial charge on any atom is 0.319 e. The van der Waals surface area contributed by atoms with Gasteiger partial charge in [-0.05, 0) is 32.9 Å². The number of carbonyl (C=O) groups is 1. The van der Waals surface area contributed by atoms with E-state index in [0.29, 0.717) is 5.69 Å². The highest BCUT2D eigenvalue weighted by molar-refractivity contribution is 5.90. The van der Waals surface area contributed by atoms with E-state index >= 15 is 0 Å². The number of hydrogen-bond acceptors (Lipinski definition) is 3. The van der Waals surface area contributed by atoms with Crippen LogP contribution in [0.25, 0.3) is 0 Å². The molecule has 0 aliphatic carbocycles. The van der Waals surface area contributed by atoms with Gasteiger partial charge < -0.3 is 10.6 Å². The summed E-state index contributed by atoms with van der Waals surface area (Å²) in [6.45, 7) is 5.58. The van der Waals surface area contributed by atoms with Gasteiger partial charge in [0.25, 0.3) is 0 Å². The number of urea groups is 1. The fraction of sp³-hybridized carbons (Fsp3) is 0.308. The van der Waals surface area contributed by atoms with Crippen molar-refractivity contribution in [3.63, 3.8) is 0 Å². The van der Waals surface area contributed by atoms with E-state index < -0.39 is 0 Å². The van der Waals surface area contributed by atoms with Crippen LogP contribution < -0.4 is 10.6 Å². The lowest BCUT2D eigenvalue weighted by atomic mass is 10.2. The molecule has 0 spiro atoms. The smallest absolute Gasteiger partial charge is 0.319 e. The molecule has 2 rings (SSSR count). The van der Waals surface area contributed by atoms with E-state index in [1.54, 1.807) is 6.20 Å². The Morgan fingerprint density at radius 1 is 1.37 bits per heavy atom. The molecular formula is C13H17N5O. The van der Waals surface area contributed by atoms with E-state index in [9.17, 15) is 4.79 Å². The van der Waals surface area contributed by atoms with Crippen LogP contribution in [-0.2, 0) is 0 Å². The molecule has 0 aliphatic rings. The molecule has 0 unspecified atom stereocenters. The van der Waals surface area contributed by atoms with Gasteiger partial charge in [0.2, 0.25) is 0 Å². The Hall–Kier alpha value is -2.37. The average Bonchev–Trinajstić information content (AvgIpc) is 2.71. The number of carbonyl (C=O) groups excluding carboxylic acids is 1. The first kappa shape index (κ1) is 13.1. The number of aromatic amines is 1. The van der Waals surface area contributed by atoms with Crippen molar-refractivity contribution in [2.24, 2.45) is 0 Å². The monoisotopic (exact) mass is 259 g/mol. The third kappa shape index (κ3) is 3.09. The van der Waals surface area contributed by atoms with Crippen LogP contribution in [0.15, 0.2) is 24.4 Å². The Labute approximate surface area is 111 Å². The molecule has 0 aliphatic heterocycles. The number of pyridine rings is 1. The van der Waals surface area contributed by atoms with Crippen LogP contribution in [0.1, 0.15) is 30.0 Å². The molecule has 6 nitrogen and oxygen atoms in total. The highest BCUT2D eigenvalue weighted by Crippen LogP contribution is 2.16. The lowest BCUT2D eigenvalue weighted by molar-refractivity contribution is 0.249. The molecule has 3 N–H and O–H groups in total. The summed E-state index contributed by atoms with van der Waals surface area (Å²) in [6, 6.07) is 5.18. The van der Waals surface area contributed by atoms with Gasteiger partial charge >= 0.3 is 6.03 Å². The zero-order chi connectivity index (χ0) is 13.8. The summed E-state index contributed by atoms with van der Waals surface area (Å²) in [5.74, 6) is 0. The molecule has 0 radical (unpaired) electrons. The van der Waals surface area contributed by atoms with E-state index in [1.807, 2.05) is 39.0 Å². The molecule has 0 aromatic carbocycles. The maximum atomic E-state index is 11.9. The van der Waals surface area contributed by atoms with Crippen LogP contribution in [0, 0.1) is 13.8 Å². The molecular weight excluding hydrogens is 242 g/mol. The lowest BCUT2D eigenvalue weighted by Crippen LogP contribution is -2.31. The molecule has 100 valence electrons. The van der Waals surface area contributed by atoms with Gasteiger partial charge in [-0.15, -0.1) is 0 Å². The van der Waals surface area contributed by atoms with E-state index in [2.05, 4.69) is 25.8 Å². The van der Waals surface area contributed by atoms with Crippen molar-refractivity contribution in [2.45, 2.75) is 26.8 Å². The summed E-state index contributed by atoms with van der Waals surface area (Å²) >= 11 is 0. The van der Waals surface area contributed by atoms with Crippen molar-refractivity contribution in [3.05, 3.63) is 41.5 Å². The highest BCUT2D eigenvalue weighted by atomic mass is 16.2. The molecule has 0 bridgehead atoms. The number of hydrogen-bond donors (Lipinski definition) is 3. The number of rotatable bonds is 3. The minimum Gasteiger partial charge on any atom is -0.330 e. The SMILES string of the molecule is Cc1n[nH]c(C)c1NC(=O)N[C@H](C)c1ccccn1. The molecule has 0 saturated heterocycles. The number of aromatic nitrogens is 3. The first-order valence-electron chi connectivity index (χ1n) is 6.08. The van der Waals surface area contributed by atoms with Gasteiger partial charge in [0.15, 0.2) is 0 Å². The van der Waals surface area contributed by atoms with Gasteiger partial charge in [-0.25, -0.2) is 4.79 Å². The minimum absolute atomic E-state index is 0.159. The van der Waals surface area contributed by atoms with Crippen molar-refractivity contribution < 1.29 is 4.79 Å². The number of nitrogens with one attached hydrogen (secondary N) is 3. The second-order valence-electron chi connectivity index (χ2n) is 4.38. The Morgan fingerprint density at radius 2 is 2.16 bits per heavy atom. The number of H-pyrrole nitrogens is 1. The van der Waals surface area contributed by atoms with Crippen LogP contribution >= 0.6 is 0 Å². The van der Waals surface area contributed by atoms with Crippen molar-refractivity contribution in [3.8, 4) is 0 Å². The van der Waals surface area contributed by atoms with Gasteiger partial charge in [-0.2, -0.15) is 5.10 Å². The summed E-state index contributed by atoms with van der Waals surface area (Å²) in [5, 5.41) is 12.5. The average molecular weight is 259 g/mol. The molecule has 2 heterocycles. The molecule has 1 atom stereocenters. The zero-order valence-electron chi connectivity index (χ0n) is 11.2. The Bertz CT molecular complexity index is 544. The summed E-state index contributed by atoms with van der Waals surface area (Å²) in [6.07, 6.45) is 1.70. The minimum atomic E-state index is -0.272. The first-order chi connectivity index (χ1) is 9.08. The van der Waals surface area contributed by atoms with E-state index in [1.165, 1.54) is 0 Å². The normalized spacial score (nSPS) is 11.9. The highest BCUT2D eigenvalue weighted by Gasteiger charge is 2.13. The molecule has 2 amide bonds. The summed E-state index contributed by atoms with van der Waals surface area (Å²) < 4.78 is 0. The van der Waals surface area contributed by atoms with Crippen LogP contribution in [0.3, 0.4) is 0 Å².